The second kappa shape index (κ2) is 10.3. The van der Waals surface area contributed by atoms with Crippen LogP contribution in [0.1, 0.15) is 34.3 Å². The SMILES string of the molecule is NC[C@H](NC(=O)c1ccc(CCCCc2ccc(N)cc2)cc1)C(=O)NO. The lowest BCUT2D eigenvalue weighted by Gasteiger charge is -2.14. The van der Waals surface area contributed by atoms with E-state index in [9.17, 15) is 9.59 Å². The number of rotatable bonds is 9. The Labute approximate surface area is 158 Å². The first-order chi connectivity index (χ1) is 13.0. The van der Waals surface area contributed by atoms with Crippen LogP contribution in [-0.4, -0.2) is 29.6 Å². The number of nitrogens with two attached hydrogens (primary N) is 2. The Hall–Kier alpha value is -2.90. The highest BCUT2D eigenvalue weighted by molar-refractivity contribution is 5.97. The van der Waals surface area contributed by atoms with Crippen molar-refractivity contribution in [2.24, 2.45) is 5.73 Å². The molecule has 0 bridgehead atoms. The van der Waals surface area contributed by atoms with Gasteiger partial charge < -0.3 is 16.8 Å². The minimum atomic E-state index is -0.976. The number of amides is 2. The summed E-state index contributed by atoms with van der Waals surface area (Å²) in [6, 6.07) is 14.2. The number of carbonyl (C=O) groups excluding carboxylic acids is 2. The van der Waals surface area contributed by atoms with Crippen molar-refractivity contribution in [3.63, 3.8) is 0 Å². The van der Waals surface area contributed by atoms with Crippen molar-refractivity contribution < 1.29 is 14.8 Å². The number of nitrogens with one attached hydrogen (secondary N) is 2. The van der Waals surface area contributed by atoms with Crippen molar-refractivity contribution in [3.8, 4) is 0 Å². The Morgan fingerprint density at radius 3 is 1.93 bits per heavy atom. The average molecular weight is 370 g/mol. The fourth-order valence-corrected chi connectivity index (χ4v) is 2.72. The zero-order valence-electron chi connectivity index (χ0n) is 15.2. The van der Waals surface area contributed by atoms with E-state index in [1.165, 1.54) is 11.0 Å². The van der Waals surface area contributed by atoms with Crippen molar-refractivity contribution >= 4 is 17.5 Å². The quantitative estimate of drug-likeness (QED) is 0.197. The highest BCUT2D eigenvalue weighted by atomic mass is 16.5. The lowest BCUT2D eigenvalue weighted by molar-refractivity contribution is -0.130. The molecule has 2 amide bonds. The molecule has 0 saturated carbocycles. The van der Waals surface area contributed by atoms with Crippen LogP contribution in [0.15, 0.2) is 48.5 Å². The zero-order valence-corrected chi connectivity index (χ0v) is 15.2. The molecule has 0 radical (unpaired) electrons. The molecule has 0 spiro atoms. The van der Waals surface area contributed by atoms with Gasteiger partial charge in [-0.25, -0.2) is 5.48 Å². The Bertz CT molecular complexity index is 745. The van der Waals surface area contributed by atoms with E-state index in [1.54, 1.807) is 12.1 Å². The molecule has 0 unspecified atom stereocenters. The summed E-state index contributed by atoms with van der Waals surface area (Å²) in [5, 5.41) is 11.1. The number of carbonyl (C=O) groups is 2. The van der Waals surface area contributed by atoms with Crippen molar-refractivity contribution in [2.45, 2.75) is 31.7 Å². The maximum Gasteiger partial charge on any atom is 0.267 e. The van der Waals surface area contributed by atoms with E-state index in [-0.39, 0.29) is 6.54 Å². The van der Waals surface area contributed by atoms with Crippen molar-refractivity contribution in [2.75, 3.05) is 12.3 Å². The van der Waals surface area contributed by atoms with Crippen LogP contribution in [0.25, 0.3) is 0 Å². The molecule has 0 fully saturated rings. The molecule has 1 atom stereocenters. The maximum absolute atomic E-state index is 12.1. The minimum absolute atomic E-state index is 0.107. The van der Waals surface area contributed by atoms with Crippen LogP contribution in [0, 0.1) is 0 Å². The van der Waals surface area contributed by atoms with E-state index in [0.717, 1.165) is 36.9 Å². The van der Waals surface area contributed by atoms with Crippen LogP contribution < -0.4 is 22.3 Å². The Kier molecular flexibility index (Phi) is 7.79. The van der Waals surface area contributed by atoms with Gasteiger partial charge in [-0.15, -0.1) is 0 Å². The van der Waals surface area contributed by atoms with Crippen LogP contribution in [0.4, 0.5) is 5.69 Å². The molecular weight excluding hydrogens is 344 g/mol. The van der Waals surface area contributed by atoms with Gasteiger partial charge in [0, 0.05) is 17.8 Å². The highest BCUT2D eigenvalue weighted by Crippen LogP contribution is 2.12. The second-order valence-corrected chi connectivity index (χ2v) is 6.38. The molecule has 0 heterocycles. The summed E-state index contributed by atoms with van der Waals surface area (Å²) < 4.78 is 0. The number of aryl methyl sites for hydroxylation is 2. The van der Waals surface area contributed by atoms with Gasteiger partial charge in [0.1, 0.15) is 6.04 Å². The summed E-state index contributed by atoms with van der Waals surface area (Å²) in [7, 11) is 0. The summed E-state index contributed by atoms with van der Waals surface area (Å²) in [5.74, 6) is -1.16. The zero-order chi connectivity index (χ0) is 19.6. The fraction of sp³-hybridized carbons (Fsp3) is 0.300. The lowest BCUT2D eigenvalue weighted by atomic mass is 10.0. The Morgan fingerprint density at radius 1 is 0.926 bits per heavy atom. The molecule has 0 aliphatic rings. The predicted octanol–water partition coefficient (Wildman–Crippen LogP) is 1.40. The molecule has 2 aromatic carbocycles. The summed E-state index contributed by atoms with van der Waals surface area (Å²) in [4.78, 5) is 23.5. The first kappa shape index (κ1) is 20.4. The number of hydrogen-bond acceptors (Lipinski definition) is 5. The summed E-state index contributed by atoms with van der Waals surface area (Å²) >= 11 is 0. The average Bonchev–Trinajstić information content (AvgIpc) is 2.70. The monoisotopic (exact) mass is 370 g/mol. The molecule has 27 heavy (non-hydrogen) atoms. The molecule has 7 heteroatoms. The van der Waals surface area contributed by atoms with Gasteiger partial charge in [-0.05, 0) is 61.1 Å². The topological polar surface area (TPSA) is 130 Å². The molecule has 7 nitrogen and oxygen atoms in total. The number of nitrogen functional groups attached to an aromatic ring is 1. The third kappa shape index (κ3) is 6.40. The van der Waals surface area contributed by atoms with Crippen LogP contribution in [0.3, 0.4) is 0 Å². The summed E-state index contributed by atoms with van der Waals surface area (Å²) in [6.07, 6.45) is 4.05. The van der Waals surface area contributed by atoms with Crippen LogP contribution >= 0.6 is 0 Å². The molecule has 0 saturated heterocycles. The second-order valence-electron chi connectivity index (χ2n) is 6.38. The van der Waals surface area contributed by atoms with Gasteiger partial charge in [-0.2, -0.15) is 0 Å². The van der Waals surface area contributed by atoms with E-state index in [0.29, 0.717) is 5.56 Å². The largest absolute Gasteiger partial charge is 0.399 e. The van der Waals surface area contributed by atoms with Crippen molar-refractivity contribution in [1.82, 2.24) is 10.8 Å². The van der Waals surface area contributed by atoms with Crippen molar-refractivity contribution in [3.05, 3.63) is 65.2 Å². The van der Waals surface area contributed by atoms with Crippen molar-refractivity contribution in [1.29, 1.82) is 0 Å². The molecule has 144 valence electrons. The van der Waals surface area contributed by atoms with Crippen LogP contribution in [0.5, 0.6) is 0 Å². The van der Waals surface area contributed by atoms with Gasteiger partial charge in [0.2, 0.25) is 0 Å². The van der Waals surface area contributed by atoms with E-state index < -0.39 is 17.9 Å². The molecule has 2 rings (SSSR count). The number of anilines is 1. The van der Waals surface area contributed by atoms with E-state index >= 15 is 0 Å². The van der Waals surface area contributed by atoms with Gasteiger partial charge in [-0.1, -0.05) is 24.3 Å². The molecule has 7 N–H and O–H groups in total. The number of unbranched alkanes of at least 4 members (excludes halogenated alkanes) is 1. The van der Waals surface area contributed by atoms with E-state index in [4.69, 9.17) is 16.7 Å². The maximum atomic E-state index is 12.1. The van der Waals surface area contributed by atoms with E-state index in [2.05, 4.69) is 5.32 Å². The van der Waals surface area contributed by atoms with Gasteiger partial charge >= 0.3 is 0 Å². The lowest BCUT2D eigenvalue weighted by Crippen LogP contribution is -2.50. The molecule has 2 aromatic rings. The Morgan fingerprint density at radius 2 is 1.44 bits per heavy atom. The van der Waals surface area contributed by atoms with Gasteiger partial charge in [0.15, 0.2) is 0 Å². The normalized spacial score (nSPS) is 11.6. The smallest absolute Gasteiger partial charge is 0.267 e. The summed E-state index contributed by atoms with van der Waals surface area (Å²) in [6.45, 7) is -0.107. The number of hydrogen-bond donors (Lipinski definition) is 5. The first-order valence-corrected chi connectivity index (χ1v) is 8.91. The first-order valence-electron chi connectivity index (χ1n) is 8.91. The highest BCUT2D eigenvalue weighted by Gasteiger charge is 2.19. The van der Waals surface area contributed by atoms with Gasteiger partial charge in [-0.3, -0.25) is 14.8 Å². The molecule has 0 aromatic heterocycles. The number of benzene rings is 2. The third-order valence-electron chi connectivity index (χ3n) is 4.34. The molecule has 0 aliphatic heterocycles. The van der Waals surface area contributed by atoms with Gasteiger partial charge in [0.25, 0.3) is 11.8 Å². The van der Waals surface area contributed by atoms with Crippen LogP contribution in [0.2, 0.25) is 0 Å². The standard InChI is InChI=1S/C20H26N4O3/c21-13-18(20(26)24-27)23-19(25)16-9-5-14(6-10-16)3-1-2-4-15-7-11-17(22)12-8-15/h5-12,18,27H,1-4,13,21-22H2,(H,23,25)(H,24,26)/t18-/m0/s1. The van der Waals surface area contributed by atoms with Crippen LogP contribution in [-0.2, 0) is 17.6 Å². The van der Waals surface area contributed by atoms with E-state index in [1.807, 2.05) is 36.4 Å². The third-order valence-corrected chi connectivity index (χ3v) is 4.34. The predicted molar refractivity (Wildman–Crippen MR) is 104 cm³/mol. The number of hydroxylamine groups is 1. The molecule has 0 aliphatic carbocycles. The fourth-order valence-electron chi connectivity index (χ4n) is 2.72. The van der Waals surface area contributed by atoms with Gasteiger partial charge in [0.05, 0.1) is 0 Å². The minimum Gasteiger partial charge on any atom is -0.399 e. The molecular formula is C20H26N4O3. The summed E-state index contributed by atoms with van der Waals surface area (Å²) in [5.41, 5.74) is 16.2. The Balaban J connectivity index is 1.79.